The number of ether oxygens (including phenoxy) is 1. The maximum atomic E-state index is 13.5. The molecule has 1 N–H and O–H groups in total. The molecule has 0 fully saturated rings. The number of hydrogen-bond donors (Lipinski definition) is 1. The van der Waals surface area contributed by atoms with Crippen LogP contribution in [0.15, 0.2) is 36.5 Å². The topological polar surface area (TPSA) is 34.1 Å². The van der Waals surface area contributed by atoms with Crippen molar-refractivity contribution in [2.45, 2.75) is 39.8 Å². The highest BCUT2D eigenvalue weighted by molar-refractivity contribution is 5.32. The average Bonchev–Trinajstić information content (AvgIpc) is 2.40. The molecule has 0 aliphatic heterocycles. The maximum absolute atomic E-state index is 13.5. The summed E-state index contributed by atoms with van der Waals surface area (Å²) in [6.45, 7) is 8.78. The lowest BCUT2D eigenvalue weighted by atomic mass is 10.1. The molecule has 4 heteroatoms. The molecule has 0 saturated carbocycles. The molecule has 0 aliphatic rings. The molecular weight excluding hydrogens is 267 g/mol. The van der Waals surface area contributed by atoms with E-state index >= 15 is 0 Å². The van der Waals surface area contributed by atoms with Crippen molar-refractivity contribution in [2.75, 3.05) is 0 Å². The lowest BCUT2D eigenvalue weighted by Crippen LogP contribution is -2.35. The number of aromatic nitrogens is 1. The highest BCUT2D eigenvalue weighted by Gasteiger charge is 2.09. The quantitative estimate of drug-likeness (QED) is 0.915. The van der Waals surface area contributed by atoms with Gasteiger partial charge in [0.2, 0.25) is 5.88 Å². The van der Waals surface area contributed by atoms with Crippen LogP contribution in [0.5, 0.6) is 11.6 Å². The summed E-state index contributed by atoms with van der Waals surface area (Å²) in [5, 5.41) is 3.40. The van der Waals surface area contributed by atoms with Crippen LogP contribution in [0.2, 0.25) is 0 Å². The van der Waals surface area contributed by atoms with Crippen molar-refractivity contribution in [3.63, 3.8) is 0 Å². The van der Waals surface area contributed by atoms with Crippen LogP contribution < -0.4 is 10.1 Å². The predicted molar refractivity (Wildman–Crippen MR) is 82.0 cm³/mol. The van der Waals surface area contributed by atoms with E-state index in [9.17, 15) is 4.39 Å². The van der Waals surface area contributed by atoms with Crippen molar-refractivity contribution in [3.05, 3.63) is 53.5 Å². The Balaban J connectivity index is 2.08. The summed E-state index contributed by atoms with van der Waals surface area (Å²) in [5.41, 5.74) is 1.71. The maximum Gasteiger partial charge on any atom is 0.219 e. The molecule has 112 valence electrons. The van der Waals surface area contributed by atoms with Crippen LogP contribution in [0.4, 0.5) is 4.39 Å². The highest BCUT2D eigenvalue weighted by atomic mass is 19.1. The first-order valence-electron chi connectivity index (χ1n) is 6.97. The van der Waals surface area contributed by atoms with Gasteiger partial charge in [-0.3, -0.25) is 0 Å². The highest BCUT2D eigenvalue weighted by Crippen LogP contribution is 2.22. The lowest BCUT2D eigenvalue weighted by Gasteiger charge is -2.20. The third kappa shape index (κ3) is 4.83. The van der Waals surface area contributed by atoms with Gasteiger partial charge in [0.15, 0.2) is 0 Å². The molecule has 1 heterocycles. The van der Waals surface area contributed by atoms with E-state index in [1.165, 1.54) is 6.07 Å². The van der Waals surface area contributed by atoms with Crippen molar-refractivity contribution in [2.24, 2.45) is 0 Å². The van der Waals surface area contributed by atoms with Crippen LogP contribution >= 0.6 is 0 Å². The van der Waals surface area contributed by atoms with E-state index in [2.05, 4.69) is 31.1 Å². The predicted octanol–water partition coefficient (Wildman–Crippen LogP) is 4.21. The fourth-order valence-corrected chi connectivity index (χ4v) is 1.74. The number of aryl methyl sites for hydroxylation is 1. The Bertz CT molecular complexity index is 620. The van der Waals surface area contributed by atoms with Crippen molar-refractivity contribution in [1.29, 1.82) is 0 Å². The summed E-state index contributed by atoms with van der Waals surface area (Å²) in [4.78, 5) is 4.16. The zero-order valence-corrected chi connectivity index (χ0v) is 12.9. The molecule has 1 aromatic carbocycles. The zero-order valence-electron chi connectivity index (χ0n) is 12.9. The zero-order chi connectivity index (χ0) is 15.5. The molecule has 0 unspecified atom stereocenters. The third-order valence-corrected chi connectivity index (χ3v) is 2.99. The summed E-state index contributed by atoms with van der Waals surface area (Å²) in [6, 6.07) is 8.59. The first-order chi connectivity index (χ1) is 9.83. The van der Waals surface area contributed by atoms with Gasteiger partial charge in [-0.1, -0.05) is 6.07 Å². The number of nitrogens with one attached hydrogen (secondary N) is 1. The SMILES string of the molecule is Cc1ccc(Oc2cc(CNC(C)(C)C)ccn2)cc1F. The molecule has 2 rings (SSSR count). The monoisotopic (exact) mass is 288 g/mol. The van der Waals surface area contributed by atoms with Gasteiger partial charge in [0.25, 0.3) is 0 Å². The van der Waals surface area contributed by atoms with Gasteiger partial charge in [-0.15, -0.1) is 0 Å². The van der Waals surface area contributed by atoms with Gasteiger partial charge in [-0.2, -0.15) is 0 Å². The second kappa shape index (κ2) is 6.22. The summed E-state index contributed by atoms with van der Waals surface area (Å²) < 4.78 is 19.1. The van der Waals surface area contributed by atoms with E-state index in [0.29, 0.717) is 17.2 Å². The first kappa shape index (κ1) is 15.4. The molecule has 0 amide bonds. The standard InChI is InChI=1S/C17H21FN2O/c1-12-5-6-14(10-15(12)18)21-16-9-13(7-8-19-16)11-20-17(2,3)4/h5-10,20H,11H2,1-4H3. The van der Waals surface area contributed by atoms with Crippen molar-refractivity contribution >= 4 is 0 Å². The molecule has 3 nitrogen and oxygen atoms in total. The fraction of sp³-hybridized carbons (Fsp3) is 0.353. The van der Waals surface area contributed by atoms with Gasteiger partial charge in [0.1, 0.15) is 11.6 Å². The Labute approximate surface area is 125 Å². The van der Waals surface area contributed by atoms with E-state index in [1.54, 1.807) is 25.3 Å². The lowest BCUT2D eigenvalue weighted by molar-refractivity contribution is 0.421. The number of rotatable bonds is 4. The summed E-state index contributed by atoms with van der Waals surface area (Å²) in [7, 11) is 0. The molecule has 0 bridgehead atoms. The molecular formula is C17H21FN2O. The van der Waals surface area contributed by atoms with E-state index in [1.807, 2.05) is 12.1 Å². The molecule has 21 heavy (non-hydrogen) atoms. The number of hydrogen-bond acceptors (Lipinski definition) is 3. The van der Waals surface area contributed by atoms with Gasteiger partial charge in [-0.05, 0) is 51.0 Å². The van der Waals surface area contributed by atoms with E-state index in [-0.39, 0.29) is 11.4 Å². The van der Waals surface area contributed by atoms with Gasteiger partial charge in [0, 0.05) is 30.4 Å². The van der Waals surface area contributed by atoms with Gasteiger partial charge < -0.3 is 10.1 Å². The Morgan fingerprint density at radius 1 is 1.19 bits per heavy atom. The number of benzene rings is 1. The third-order valence-electron chi connectivity index (χ3n) is 2.99. The molecule has 0 saturated heterocycles. The minimum atomic E-state index is -0.280. The second-order valence-electron chi connectivity index (χ2n) is 6.12. The van der Waals surface area contributed by atoms with Gasteiger partial charge >= 0.3 is 0 Å². The summed E-state index contributed by atoms with van der Waals surface area (Å²) in [5.74, 6) is 0.635. The van der Waals surface area contributed by atoms with Crippen LogP contribution in [0, 0.1) is 12.7 Å². The van der Waals surface area contributed by atoms with Gasteiger partial charge in [0.05, 0.1) is 0 Å². The average molecular weight is 288 g/mol. The van der Waals surface area contributed by atoms with Crippen LogP contribution in [-0.4, -0.2) is 10.5 Å². The Hall–Kier alpha value is -1.94. The van der Waals surface area contributed by atoms with Crippen LogP contribution in [0.3, 0.4) is 0 Å². The first-order valence-corrected chi connectivity index (χ1v) is 6.97. The molecule has 0 spiro atoms. The number of pyridine rings is 1. The molecule has 0 atom stereocenters. The van der Waals surface area contributed by atoms with E-state index in [0.717, 1.165) is 12.1 Å². The minimum absolute atomic E-state index is 0.0460. The Morgan fingerprint density at radius 3 is 2.62 bits per heavy atom. The van der Waals surface area contributed by atoms with Gasteiger partial charge in [-0.25, -0.2) is 9.37 Å². The molecule has 2 aromatic rings. The van der Waals surface area contributed by atoms with Crippen LogP contribution in [-0.2, 0) is 6.54 Å². The van der Waals surface area contributed by atoms with Crippen molar-refractivity contribution in [1.82, 2.24) is 10.3 Å². The van der Waals surface area contributed by atoms with Crippen molar-refractivity contribution in [3.8, 4) is 11.6 Å². The number of halogens is 1. The van der Waals surface area contributed by atoms with Crippen molar-refractivity contribution < 1.29 is 9.13 Å². The number of nitrogens with zero attached hydrogens (tertiary/aromatic N) is 1. The summed E-state index contributed by atoms with van der Waals surface area (Å²) >= 11 is 0. The Morgan fingerprint density at radius 2 is 1.95 bits per heavy atom. The Kier molecular flexibility index (Phi) is 4.58. The minimum Gasteiger partial charge on any atom is -0.439 e. The molecule has 0 radical (unpaired) electrons. The molecule has 1 aromatic heterocycles. The second-order valence-corrected chi connectivity index (χ2v) is 6.12. The smallest absolute Gasteiger partial charge is 0.219 e. The summed E-state index contributed by atoms with van der Waals surface area (Å²) in [6.07, 6.45) is 1.69. The largest absolute Gasteiger partial charge is 0.439 e. The normalized spacial score (nSPS) is 11.5. The van der Waals surface area contributed by atoms with E-state index in [4.69, 9.17) is 4.74 Å². The fourth-order valence-electron chi connectivity index (χ4n) is 1.74. The van der Waals surface area contributed by atoms with E-state index < -0.39 is 0 Å². The molecule has 0 aliphatic carbocycles. The van der Waals surface area contributed by atoms with Crippen LogP contribution in [0.25, 0.3) is 0 Å². The van der Waals surface area contributed by atoms with Crippen LogP contribution in [0.1, 0.15) is 31.9 Å².